The Labute approximate surface area is 65.8 Å². The van der Waals surface area contributed by atoms with Crippen LogP contribution in [0.15, 0.2) is 17.3 Å². The summed E-state index contributed by atoms with van der Waals surface area (Å²) in [5.41, 5.74) is 5.27. The van der Waals surface area contributed by atoms with E-state index < -0.39 is 0 Å². The van der Waals surface area contributed by atoms with Crippen molar-refractivity contribution in [2.45, 2.75) is 18.9 Å². The second-order valence-electron chi connectivity index (χ2n) is 2.61. The van der Waals surface area contributed by atoms with Crippen molar-refractivity contribution in [2.24, 2.45) is 10.9 Å². The third kappa shape index (κ3) is 2.59. The molecule has 1 rings (SSSR count). The number of nitrogens with one attached hydrogen (secondary N) is 1. The SMILES string of the molecule is N/C(CNC1CC=CC1)=N/O. The summed E-state index contributed by atoms with van der Waals surface area (Å²) < 4.78 is 0. The third-order valence-electron chi connectivity index (χ3n) is 1.71. The molecule has 0 aliphatic heterocycles. The number of rotatable bonds is 3. The summed E-state index contributed by atoms with van der Waals surface area (Å²) in [6.45, 7) is 0.461. The highest BCUT2D eigenvalue weighted by atomic mass is 16.4. The number of oxime groups is 1. The van der Waals surface area contributed by atoms with E-state index in [0.717, 1.165) is 12.8 Å². The Morgan fingerprint density at radius 1 is 1.64 bits per heavy atom. The van der Waals surface area contributed by atoms with E-state index in [1.165, 1.54) is 0 Å². The van der Waals surface area contributed by atoms with E-state index in [2.05, 4.69) is 22.6 Å². The summed E-state index contributed by atoms with van der Waals surface area (Å²) in [5.74, 6) is 0.233. The topological polar surface area (TPSA) is 70.6 Å². The molecule has 0 radical (unpaired) electrons. The average molecular weight is 155 g/mol. The summed E-state index contributed by atoms with van der Waals surface area (Å²) in [7, 11) is 0. The predicted molar refractivity (Wildman–Crippen MR) is 43.6 cm³/mol. The Morgan fingerprint density at radius 3 is 2.82 bits per heavy atom. The molecule has 0 spiro atoms. The molecule has 4 heteroatoms. The molecule has 0 fully saturated rings. The minimum absolute atomic E-state index is 0.233. The molecule has 1 aliphatic carbocycles. The highest BCUT2D eigenvalue weighted by molar-refractivity contribution is 5.81. The smallest absolute Gasteiger partial charge is 0.153 e. The van der Waals surface area contributed by atoms with Gasteiger partial charge in [0, 0.05) is 6.04 Å². The Hall–Kier alpha value is -1.03. The lowest BCUT2D eigenvalue weighted by Gasteiger charge is -2.09. The van der Waals surface area contributed by atoms with Crippen molar-refractivity contribution in [1.29, 1.82) is 0 Å². The molecule has 0 aromatic rings. The molecule has 0 saturated carbocycles. The van der Waals surface area contributed by atoms with Crippen LogP contribution in [0.2, 0.25) is 0 Å². The van der Waals surface area contributed by atoms with Gasteiger partial charge in [0.15, 0.2) is 5.84 Å². The maximum absolute atomic E-state index is 8.22. The van der Waals surface area contributed by atoms with E-state index >= 15 is 0 Å². The van der Waals surface area contributed by atoms with Crippen LogP contribution in [-0.2, 0) is 0 Å². The molecule has 0 bridgehead atoms. The van der Waals surface area contributed by atoms with Crippen LogP contribution in [0.4, 0.5) is 0 Å². The molecule has 62 valence electrons. The summed E-state index contributed by atoms with van der Waals surface area (Å²) in [6, 6.07) is 0.468. The second kappa shape index (κ2) is 3.98. The van der Waals surface area contributed by atoms with Gasteiger partial charge in [0.25, 0.3) is 0 Å². The van der Waals surface area contributed by atoms with Crippen LogP contribution in [0.3, 0.4) is 0 Å². The number of nitrogens with two attached hydrogens (primary N) is 1. The Bertz CT molecular complexity index is 169. The molecule has 0 aromatic heterocycles. The van der Waals surface area contributed by atoms with Gasteiger partial charge in [-0.25, -0.2) is 0 Å². The van der Waals surface area contributed by atoms with Crippen LogP contribution < -0.4 is 11.1 Å². The van der Waals surface area contributed by atoms with E-state index in [-0.39, 0.29) is 5.84 Å². The van der Waals surface area contributed by atoms with E-state index in [0.29, 0.717) is 12.6 Å². The molecule has 0 unspecified atom stereocenters. The van der Waals surface area contributed by atoms with Crippen LogP contribution in [0, 0.1) is 0 Å². The lowest BCUT2D eigenvalue weighted by molar-refractivity contribution is 0.316. The average Bonchev–Trinajstić information content (AvgIpc) is 2.52. The molecule has 1 aliphatic rings. The van der Waals surface area contributed by atoms with Gasteiger partial charge in [-0.1, -0.05) is 17.3 Å². The van der Waals surface area contributed by atoms with E-state index in [1.54, 1.807) is 0 Å². The van der Waals surface area contributed by atoms with Gasteiger partial charge >= 0.3 is 0 Å². The third-order valence-corrected chi connectivity index (χ3v) is 1.71. The van der Waals surface area contributed by atoms with Crippen LogP contribution in [0.1, 0.15) is 12.8 Å². The van der Waals surface area contributed by atoms with Gasteiger partial charge in [0.1, 0.15) is 0 Å². The lowest BCUT2D eigenvalue weighted by Crippen LogP contribution is -2.35. The maximum Gasteiger partial charge on any atom is 0.153 e. The van der Waals surface area contributed by atoms with E-state index in [9.17, 15) is 0 Å². The standard InChI is InChI=1S/C7H13N3O/c8-7(10-11)5-9-6-3-1-2-4-6/h1-2,6,9,11H,3-5H2,(H2,8,10). The van der Waals surface area contributed by atoms with Crippen LogP contribution in [0.25, 0.3) is 0 Å². The van der Waals surface area contributed by atoms with Gasteiger partial charge in [-0.15, -0.1) is 0 Å². The van der Waals surface area contributed by atoms with Gasteiger partial charge in [0.2, 0.25) is 0 Å². The van der Waals surface area contributed by atoms with Crippen molar-refractivity contribution >= 4 is 5.84 Å². The van der Waals surface area contributed by atoms with Crippen molar-refractivity contribution in [1.82, 2.24) is 5.32 Å². The Morgan fingerprint density at radius 2 is 2.27 bits per heavy atom. The first-order valence-corrected chi connectivity index (χ1v) is 3.67. The van der Waals surface area contributed by atoms with Gasteiger partial charge in [-0.3, -0.25) is 0 Å². The molecular weight excluding hydrogens is 142 g/mol. The molecule has 0 heterocycles. The van der Waals surface area contributed by atoms with Crippen LogP contribution in [-0.4, -0.2) is 23.6 Å². The van der Waals surface area contributed by atoms with Crippen molar-refractivity contribution in [3.8, 4) is 0 Å². The highest BCUT2D eigenvalue weighted by Crippen LogP contribution is 2.07. The Balaban J connectivity index is 2.12. The van der Waals surface area contributed by atoms with Crippen LogP contribution >= 0.6 is 0 Å². The van der Waals surface area contributed by atoms with Crippen molar-refractivity contribution in [3.63, 3.8) is 0 Å². The van der Waals surface area contributed by atoms with E-state index in [4.69, 9.17) is 10.9 Å². The zero-order valence-electron chi connectivity index (χ0n) is 6.33. The molecule has 0 amide bonds. The molecule has 0 aromatic carbocycles. The number of amidine groups is 1. The molecule has 0 atom stereocenters. The highest BCUT2D eigenvalue weighted by Gasteiger charge is 2.08. The zero-order valence-corrected chi connectivity index (χ0v) is 6.33. The first kappa shape index (κ1) is 8.07. The number of hydrogen-bond donors (Lipinski definition) is 3. The van der Waals surface area contributed by atoms with Crippen molar-refractivity contribution < 1.29 is 5.21 Å². The maximum atomic E-state index is 8.22. The monoisotopic (exact) mass is 155 g/mol. The minimum atomic E-state index is 0.233. The number of nitrogens with zero attached hydrogens (tertiary/aromatic N) is 1. The predicted octanol–water partition coefficient (Wildman–Crippen LogP) is 0.0410. The fraction of sp³-hybridized carbons (Fsp3) is 0.571. The number of hydrogen-bond acceptors (Lipinski definition) is 3. The first-order chi connectivity index (χ1) is 5.33. The summed E-state index contributed by atoms with van der Waals surface area (Å²) in [5, 5.41) is 14.2. The second-order valence-corrected chi connectivity index (χ2v) is 2.61. The fourth-order valence-corrected chi connectivity index (χ4v) is 1.07. The van der Waals surface area contributed by atoms with Gasteiger partial charge < -0.3 is 16.3 Å². The zero-order chi connectivity index (χ0) is 8.10. The minimum Gasteiger partial charge on any atom is -0.409 e. The molecule has 4 nitrogen and oxygen atoms in total. The molecule has 4 N–H and O–H groups in total. The van der Waals surface area contributed by atoms with Gasteiger partial charge in [-0.05, 0) is 12.8 Å². The Kier molecular flexibility index (Phi) is 2.92. The van der Waals surface area contributed by atoms with Crippen molar-refractivity contribution in [3.05, 3.63) is 12.2 Å². The summed E-state index contributed by atoms with van der Waals surface area (Å²) in [4.78, 5) is 0. The van der Waals surface area contributed by atoms with E-state index in [1.807, 2.05) is 0 Å². The van der Waals surface area contributed by atoms with Crippen LogP contribution in [0.5, 0.6) is 0 Å². The fourth-order valence-electron chi connectivity index (χ4n) is 1.07. The normalized spacial score (nSPS) is 19.5. The summed E-state index contributed by atoms with van der Waals surface area (Å²) in [6.07, 6.45) is 6.34. The summed E-state index contributed by atoms with van der Waals surface area (Å²) >= 11 is 0. The van der Waals surface area contributed by atoms with Gasteiger partial charge in [0.05, 0.1) is 6.54 Å². The largest absolute Gasteiger partial charge is 0.409 e. The molecule has 0 saturated heterocycles. The van der Waals surface area contributed by atoms with Gasteiger partial charge in [-0.2, -0.15) is 0 Å². The quantitative estimate of drug-likeness (QED) is 0.177. The van der Waals surface area contributed by atoms with Crippen molar-refractivity contribution in [2.75, 3.05) is 6.54 Å². The lowest BCUT2D eigenvalue weighted by atomic mass is 10.2. The first-order valence-electron chi connectivity index (χ1n) is 3.67. The molecular formula is C7H13N3O. The molecule has 11 heavy (non-hydrogen) atoms.